The summed E-state index contributed by atoms with van der Waals surface area (Å²) in [6, 6.07) is 2.89. The molecule has 2 heterocycles. The van der Waals surface area contributed by atoms with E-state index < -0.39 is 0 Å². The lowest BCUT2D eigenvalue weighted by atomic mass is 10.0. The van der Waals surface area contributed by atoms with E-state index in [-0.39, 0.29) is 6.04 Å². The first-order chi connectivity index (χ1) is 8.86. The molecule has 2 unspecified atom stereocenters. The maximum absolute atomic E-state index is 6.00. The van der Waals surface area contributed by atoms with Crippen LogP contribution in [0.15, 0.2) is 18.6 Å². The van der Waals surface area contributed by atoms with Crippen LogP contribution in [0, 0.1) is 0 Å². The summed E-state index contributed by atoms with van der Waals surface area (Å²) in [4.78, 5) is 11.0. The molecule has 0 bridgehead atoms. The third-order valence-corrected chi connectivity index (χ3v) is 3.96. The molecule has 1 aliphatic heterocycles. The standard InChI is InChI=1S/C14H24N4/c1-2-12-6-4-3-5-9-18(12)14(10-15)13-7-8-16-11-17-13/h7-8,11-12,14H,2-6,9-10,15H2,1H3. The SMILES string of the molecule is CCC1CCCCCN1C(CN)c1ccncn1. The average molecular weight is 248 g/mol. The van der Waals surface area contributed by atoms with Crippen LogP contribution in [0.1, 0.15) is 50.8 Å². The highest BCUT2D eigenvalue weighted by atomic mass is 15.2. The summed E-state index contributed by atoms with van der Waals surface area (Å²) in [6.07, 6.45) is 9.88. The van der Waals surface area contributed by atoms with Gasteiger partial charge in [-0.1, -0.05) is 19.8 Å². The van der Waals surface area contributed by atoms with Crippen molar-refractivity contribution in [3.8, 4) is 0 Å². The second-order valence-corrected chi connectivity index (χ2v) is 5.03. The smallest absolute Gasteiger partial charge is 0.115 e. The van der Waals surface area contributed by atoms with Crippen molar-refractivity contribution in [3.63, 3.8) is 0 Å². The summed E-state index contributed by atoms with van der Waals surface area (Å²) >= 11 is 0. The third-order valence-electron chi connectivity index (χ3n) is 3.96. The van der Waals surface area contributed by atoms with Crippen molar-refractivity contribution >= 4 is 0 Å². The van der Waals surface area contributed by atoms with E-state index in [4.69, 9.17) is 5.73 Å². The van der Waals surface area contributed by atoms with Crippen molar-refractivity contribution < 1.29 is 0 Å². The van der Waals surface area contributed by atoms with Gasteiger partial charge in [0.25, 0.3) is 0 Å². The Kier molecular flexibility index (Phi) is 5.08. The van der Waals surface area contributed by atoms with E-state index in [1.807, 2.05) is 12.3 Å². The predicted molar refractivity (Wildman–Crippen MR) is 73.1 cm³/mol. The molecule has 1 aromatic rings. The summed E-state index contributed by atoms with van der Waals surface area (Å²) in [5.74, 6) is 0. The topological polar surface area (TPSA) is 55.0 Å². The Balaban J connectivity index is 2.19. The molecule has 0 aromatic carbocycles. The number of likely N-dealkylation sites (tertiary alicyclic amines) is 1. The zero-order chi connectivity index (χ0) is 12.8. The van der Waals surface area contributed by atoms with Gasteiger partial charge >= 0.3 is 0 Å². The van der Waals surface area contributed by atoms with E-state index in [1.54, 1.807) is 6.33 Å². The Bertz CT molecular complexity index is 341. The first-order valence-electron chi connectivity index (χ1n) is 7.08. The fourth-order valence-electron chi connectivity index (χ4n) is 2.97. The van der Waals surface area contributed by atoms with Gasteiger partial charge in [-0.25, -0.2) is 9.97 Å². The molecule has 18 heavy (non-hydrogen) atoms. The molecule has 0 radical (unpaired) electrons. The summed E-state index contributed by atoms with van der Waals surface area (Å²) in [5.41, 5.74) is 7.06. The molecule has 1 aromatic heterocycles. The largest absolute Gasteiger partial charge is 0.329 e. The molecule has 0 saturated carbocycles. The van der Waals surface area contributed by atoms with Gasteiger partial charge in [-0.2, -0.15) is 0 Å². The van der Waals surface area contributed by atoms with Crippen LogP contribution in [0.5, 0.6) is 0 Å². The minimum atomic E-state index is 0.246. The Morgan fingerprint density at radius 1 is 1.44 bits per heavy atom. The van der Waals surface area contributed by atoms with Crippen molar-refractivity contribution in [3.05, 3.63) is 24.3 Å². The lowest BCUT2D eigenvalue weighted by Crippen LogP contribution is -2.41. The first kappa shape index (κ1) is 13.4. The maximum Gasteiger partial charge on any atom is 0.115 e. The molecule has 2 N–H and O–H groups in total. The van der Waals surface area contributed by atoms with Gasteiger partial charge in [-0.15, -0.1) is 0 Å². The molecule has 4 nitrogen and oxygen atoms in total. The van der Waals surface area contributed by atoms with Crippen molar-refractivity contribution in [2.24, 2.45) is 5.73 Å². The monoisotopic (exact) mass is 248 g/mol. The van der Waals surface area contributed by atoms with Crippen LogP contribution in [-0.2, 0) is 0 Å². The Labute approximate surface area is 110 Å². The van der Waals surface area contributed by atoms with Gasteiger partial charge in [0.15, 0.2) is 0 Å². The quantitative estimate of drug-likeness (QED) is 0.887. The van der Waals surface area contributed by atoms with Crippen molar-refractivity contribution in [2.75, 3.05) is 13.1 Å². The number of hydrogen-bond donors (Lipinski definition) is 1. The molecule has 100 valence electrons. The van der Waals surface area contributed by atoms with E-state index in [9.17, 15) is 0 Å². The van der Waals surface area contributed by atoms with Gasteiger partial charge in [0, 0.05) is 18.8 Å². The van der Waals surface area contributed by atoms with Crippen molar-refractivity contribution in [2.45, 2.75) is 51.1 Å². The summed E-state index contributed by atoms with van der Waals surface area (Å²) in [6.45, 7) is 4.05. The number of hydrogen-bond acceptors (Lipinski definition) is 4. The molecular weight excluding hydrogens is 224 g/mol. The van der Waals surface area contributed by atoms with Gasteiger partial charge < -0.3 is 5.73 Å². The molecule has 1 saturated heterocycles. The Morgan fingerprint density at radius 3 is 3.00 bits per heavy atom. The van der Waals surface area contributed by atoms with E-state index in [2.05, 4.69) is 21.8 Å². The number of nitrogens with two attached hydrogens (primary N) is 1. The summed E-state index contributed by atoms with van der Waals surface area (Å²) in [5, 5.41) is 0. The van der Waals surface area contributed by atoms with Crippen LogP contribution >= 0.6 is 0 Å². The van der Waals surface area contributed by atoms with Gasteiger partial charge in [0.05, 0.1) is 11.7 Å². The average Bonchev–Trinajstić information content (AvgIpc) is 2.66. The fourth-order valence-corrected chi connectivity index (χ4v) is 2.97. The highest BCUT2D eigenvalue weighted by Gasteiger charge is 2.27. The van der Waals surface area contributed by atoms with Gasteiger partial charge in [-0.3, -0.25) is 4.90 Å². The van der Waals surface area contributed by atoms with Crippen LogP contribution in [0.3, 0.4) is 0 Å². The van der Waals surface area contributed by atoms with Crippen molar-refractivity contribution in [1.82, 2.24) is 14.9 Å². The fraction of sp³-hybridized carbons (Fsp3) is 0.714. The van der Waals surface area contributed by atoms with Crippen LogP contribution < -0.4 is 5.73 Å². The normalized spacial score (nSPS) is 23.6. The molecule has 1 fully saturated rings. The molecule has 4 heteroatoms. The molecule has 2 rings (SSSR count). The Morgan fingerprint density at radius 2 is 2.33 bits per heavy atom. The number of nitrogens with zero attached hydrogens (tertiary/aromatic N) is 3. The first-order valence-corrected chi connectivity index (χ1v) is 7.08. The second-order valence-electron chi connectivity index (χ2n) is 5.03. The van der Waals surface area contributed by atoms with Crippen LogP contribution in [0.25, 0.3) is 0 Å². The zero-order valence-electron chi connectivity index (χ0n) is 11.3. The van der Waals surface area contributed by atoms with E-state index >= 15 is 0 Å². The minimum Gasteiger partial charge on any atom is -0.329 e. The lowest BCUT2D eigenvalue weighted by Gasteiger charge is -2.35. The van der Waals surface area contributed by atoms with Crippen LogP contribution in [-0.4, -0.2) is 34.0 Å². The Hall–Kier alpha value is -1.00. The number of rotatable bonds is 4. The van der Waals surface area contributed by atoms with Crippen molar-refractivity contribution in [1.29, 1.82) is 0 Å². The molecule has 0 aliphatic carbocycles. The highest BCUT2D eigenvalue weighted by molar-refractivity contribution is 5.06. The second kappa shape index (κ2) is 6.81. The van der Waals surface area contributed by atoms with E-state index in [1.165, 1.54) is 32.1 Å². The van der Waals surface area contributed by atoms with Gasteiger partial charge in [-0.05, 0) is 31.9 Å². The van der Waals surface area contributed by atoms with Crippen LogP contribution in [0.4, 0.5) is 0 Å². The molecule has 2 atom stereocenters. The van der Waals surface area contributed by atoms with E-state index in [0.717, 1.165) is 12.2 Å². The lowest BCUT2D eigenvalue weighted by molar-refractivity contribution is 0.133. The minimum absolute atomic E-state index is 0.246. The summed E-state index contributed by atoms with van der Waals surface area (Å²) in [7, 11) is 0. The molecule has 0 amide bonds. The van der Waals surface area contributed by atoms with Gasteiger partial charge in [0.1, 0.15) is 6.33 Å². The van der Waals surface area contributed by atoms with Crippen LogP contribution in [0.2, 0.25) is 0 Å². The predicted octanol–water partition coefficient (Wildman–Crippen LogP) is 2.13. The summed E-state index contributed by atoms with van der Waals surface area (Å²) < 4.78 is 0. The zero-order valence-corrected chi connectivity index (χ0v) is 11.3. The third kappa shape index (κ3) is 3.06. The number of aromatic nitrogens is 2. The maximum atomic E-state index is 6.00. The molecule has 0 spiro atoms. The van der Waals surface area contributed by atoms with Gasteiger partial charge in [0.2, 0.25) is 0 Å². The molecule has 1 aliphatic rings. The van der Waals surface area contributed by atoms with E-state index in [0.29, 0.717) is 12.6 Å². The molecular formula is C14H24N4. The highest BCUT2D eigenvalue weighted by Crippen LogP contribution is 2.27.